The van der Waals surface area contributed by atoms with Crippen LogP contribution in [0.25, 0.3) is 10.9 Å². The summed E-state index contributed by atoms with van der Waals surface area (Å²) in [7, 11) is 0. The second-order valence-corrected chi connectivity index (χ2v) is 8.83. The van der Waals surface area contributed by atoms with E-state index in [2.05, 4.69) is 51.3 Å². The third kappa shape index (κ3) is 4.03. The largest absolute Gasteiger partial charge is 0.383 e. The number of anilines is 2. The minimum Gasteiger partial charge on any atom is -0.383 e. The summed E-state index contributed by atoms with van der Waals surface area (Å²) in [5, 5.41) is 7.68. The van der Waals surface area contributed by atoms with Crippen LogP contribution in [0, 0.1) is 5.92 Å². The van der Waals surface area contributed by atoms with Crippen LogP contribution < -0.4 is 11.1 Å². The number of likely N-dealkylation sites (tertiary alicyclic amines) is 1. The minimum absolute atomic E-state index is 0.122. The summed E-state index contributed by atoms with van der Waals surface area (Å²) in [6.45, 7) is 4.83. The highest BCUT2D eigenvalue weighted by molar-refractivity contribution is 14.2. The van der Waals surface area contributed by atoms with E-state index in [0.29, 0.717) is 41.2 Å². The van der Waals surface area contributed by atoms with Gasteiger partial charge < -0.3 is 16.0 Å². The number of rotatable bonds is 4. The molecule has 10 heteroatoms. The number of hydrogen-bond acceptors (Lipinski definition) is 5. The van der Waals surface area contributed by atoms with Crippen molar-refractivity contribution in [3.05, 3.63) is 12.4 Å². The quantitative estimate of drug-likeness (QED) is 0.380. The fourth-order valence-corrected chi connectivity index (χ4v) is 5.15. The third-order valence-corrected chi connectivity index (χ3v) is 7.14. The number of nitrogens with zero attached hydrogens (tertiary/aromatic N) is 4. The predicted molar refractivity (Wildman–Crippen MR) is 117 cm³/mol. The molecule has 1 unspecified atom stereocenters. The van der Waals surface area contributed by atoms with Crippen molar-refractivity contribution in [2.75, 3.05) is 17.6 Å². The van der Waals surface area contributed by atoms with E-state index >= 15 is 0 Å². The number of nitrogen functional groups attached to an aromatic ring is 1. The van der Waals surface area contributed by atoms with Crippen LogP contribution in [0.5, 0.6) is 0 Å². The van der Waals surface area contributed by atoms with Crippen molar-refractivity contribution in [2.45, 2.75) is 45.6 Å². The molecule has 3 rings (SSSR count). The van der Waals surface area contributed by atoms with E-state index in [1.807, 2.05) is 0 Å². The first-order chi connectivity index (χ1) is 13.0. The van der Waals surface area contributed by atoms with Gasteiger partial charge in [0.1, 0.15) is 11.3 Å². The number of fused-ring (bicyclic) bond motifs is 1. The summed E-state index contributed by atoms with van der Waals surface area (Å²) < 4.78 is 1.75. The van der Waals surface area contributed by atoms with Gasteiger partial charge in [-0.2, -0.15) is 5.10 Å². The second-order valence-electron chi connectivity index (χ2n) is 6.79. The fraction of sp³-hybridized carbons (Fsp3) is 0.529. The summed E-state index contributed by atoms with van der Waals surface area (Å²) in [5.41, 5.74) is 7.06. The zero-order chi connectivity index (χ0) is 19.6. The number of amides is 2. The molecule has 0 aliphatic carbocycles. The van der Waals surface area contributed by atoms with Crippen molar-refractivity contribution in [1.82, 2.24) is 19.4 Å². The van der Waals surface area contributed by atoms with Gasteiger partial charge in [-0.15, -0.1) is 0 Å². The van der Waals surface area contributed by atoms with Gasteiger partial charge in [-0.05, 0) is 47.2 Å². The Morgan fingerprint density at radius 1 is 1.33 bits per heavy atom. The van der Waals surface area contributed by atoms with Gasteiger partial charge in [0, 0.05) is 12.6 Å². The number of nitrogens with two attached hydrogens (primary N) is 1. The van der Waals surface area contributed by atoms with Crippen molar-refractivity contribution < 1.29 is 9.59 Å². The number of carbonyl (C=O) groups is 2. The molecule has 0 aromatic carbocycles. The molecule has 2 amide bonds. The highest BCUT2D eigenvalue weighted by Gasteiger charge is 2.33. The van der Waals surface area contributed by atoms with Crippen LogP contribution in [0.15, 0.2) is 12.4 Å². The zero-order valence-electron chi connectivity index (χ0n) is 15.4. The lowest BCUT2D eigenvalue weighted by atomic mass is 9.89. The predicted octanol–water partition coefficient (Wildman–Crippen LogP) is 3.17. The van der Waals surface area contributed by atoms with Crippen LogP contribution in [0.3, 0.4) is 0 Å². The first-order valence-electron chi connectivity index (χ1n) is 9.10. The monoisotopic (exact) mass is 502 g/mol. The average Bonchev–Trinajstić information content (AvgIpc) is 3.14. The molecule has 27 heavy (non-hydrogen) atoms. The van der Waals surface area contributed by atoms with Crippen LogP contribution in [-0.2, 0) is 9.59 Å². The third-order valence-electron chi connectivity index (χ3n) is 5.27. The number of halogens is 1. The van der Waals surface area contributed by atoms with E-state index < -0.39 is 11.8 Å². The van der Waals surface area contributed by atoms with Crippen LogP contribution >= 0.6 is 28.4 Å². The van der Waals surface area contributed by atoms with Crippen molar-refractivity contribution in [3.8, 4) is 0 Å². The smallest absolute Gasteiger partial charge is 0.314 e. The lowest BCUT2D eigenvalue weighted by Gasteiger charge is -2.38. The Labute approximate surface area is 172 Å². The van der Waals surface area contributed by atoms with Crippen molar-refractivity contribution in [2.24, 2.45) is 5.92 Å². The number of nitrogens with one attached hydrogen (secondary N) is 1. The van der Waals surface area contributed by atoms with Crippen LogP contribution in [0.2, 0.25) is 0 Å². The molecule has 1 aliphatic rings. The lowest BCUT2D eigenvalue weighted by molar-refractivity contribution is -0.146. The van der Waals surface area contributed by atoms with E-state index in [0.717, 1.165) is 25.7 Å². The van der Waals surface area contributed by atoms with Gasteiger partial charge in [-0.25, -0.2) is 9.44 Å². The maximum absolute atomic E-state index is 12.9. The Kier molecular flexibility index (Phi) is 6.52. The maximum atomic E-state index is 12.9. The van der Waals surface area contributed by atoms with Crippen molar-refractivity contribution >= 4 is 62.6 Å². The van der Waals surface area contributed by atoms with Gasteiger partial charge in [0.15, 0.2) is 0 Å². The van der Waals surface area contributed by atoms with Gasteiger partial charge in [-0.3, -0.25) is 9.59 Å². The first kappa shape index (κ1) is 20.3. The number of hydrogen-bond donors (Lipinski definition) is 2. The van der Waals surface area contributed by atoms with Gasteiger partial charge >= 0.3 is 11.8 Å². The van der Waals surface area contributed by atoms with E-state index in [-0.39, 0.29) is 6.04 Å². The fourth-order valence-electron chi connectivity index (χ4n) is 3.63. The van der Waals surface area contributed by atoms with Crippen LogP contribution in [-0.4, -0.2) is 43.8 Å². The molecule has 0 spiro atoms. The Balaban J connectivity index is 1.84. The number of aromatic nitrogens is 3. The molecule has 1 saturated heterocycles. The molecular weight excluding hydrogens is 478 g/mol. The van der Waals surface area contributed by atoms with E-state index in [1.54, 1.807) is 15.5 Å². The number of pyridine rings is 1. The highest BCUT2D eigenvalue weighted by Crippen LogP contribution is 2.34. The Morgan fingerprint density at radius 3 is 2.78 bits per heavy atom. The summed E-state index contributed by atoms with van der Waals surface area (Å²) in [4.78, 5) is 31.5. The molecular formula is C17H24IN6O2P. The summed E-state index contributed by atoms with van der Waals surface area (Å²) in [6, 6.07) is 0.122. The molecule has 3 atom stereocenters. The molecule has 1 fully saturated rings. The number of carbonyl (C=O) groups excluding carboxylic acids is 2. The van der Waals surface area contributed by atoms with E-state index in [4.69, 9.17) is 5.73 Å². The van der Waals surface area contributed by atoms with Crippen LogP contribution in [0.4, 0.5) is 11.5 Å². The lowest BCUT2D eigenvalue weighted by Crippen LogP contribution is -2.50. The van der Waals surface area contributed by atoms with Gasteiger partial charge in [0.05, 0.1) is 29.8 Å². The van der Waals surface area contributed by atoms with Gasteiger partial charge in [-0.1, -0.05) is 20.3 Å². The maximum Gasteiger partial charge on any atom is 0.314 e. The number of piperidine rings is 1. The summed E-state index contributed by atoms with van der Waals surface area (Å²) in [5.74, 6) is -0.310. The Morgan fingerprint density at radius 2 is 2.11 bits per heavy atom. The summed E-state index contributed by atoms with van der Waals surface area (Å²) >= 11 is 2.20. The van der Waals surface area contributed by atoms with Crippen LogP contribution in [0.1, 0.15) is 39.5 Å². The standard InChI is InChI=1S/C17H24IN6O2P/c1-3-10-5-6-11(4-2)23(9-10)17(26)16(25)22-13-8-20-15(19)12-7-21-24(27-18)14(12)13/h7-8,10-11,27H,3-6,9H2,1-2H3,(H2,19,20)(H,22,25)/t10-,11+/m1/s1. The molecule has 2 aromatic rings. The molecule has 0 bridgehead atoms. The molecule has 8 nitrogen and oxygen atoms in total. The molecule has 1 aliphatic heterocycles. The van der Waals surface area contributed by atoms with E-state index in [1.165, 1.54) is 6.20 Å². The van der Waals surface area contributed by atoms with Crippen molar-refractivity contribution in [1.29, 1.82) is 0 Å². The molecule has 0 saturated carbocycles. The van der Waals surface area contributed by atoms with E-state index in [9.17, 15) is 9.59 Å². The van der Waals surface area contributed by atoms with Gasteiger partial charge in [0.2, 0.25) is 0 Å². The SMILES string of the molecule is CC[C@@H]1CC[C@H](CC)N(C(=O)C(=O)Nc2cnc(N)c3cnn(PI)c23)C1. The normalized spacial score (nSPS) is 20.5. The van der Waals surface area contributed by atoms with Crippen molar-refractivity contribution in [3.63, 3.8) is 0 Å². The molecule has 146 valence electrons. The second kappa shape index (κ2) is 8.68. The topological polar surface area (TPSA) is 106 Å². The minimum atomic E-state index is -0.636. The molecule has 3 N–H and O–H groups in total. The highest BCUT2D eigenvalue weighted by atomic mass is 127. The molecule has 2 aromatic heterocycles. The summed E-state index contributed by atoms with van der Waals surface area (Å²) in [6.07, 6.45) is 7.38. The first-order valence-corrected chi connectivity index (χ1v) is 13.2. The Hall–Kier alpha value is -1.48. The molecule has 0 radical (unpaired) electrons. The molecule has 3 heterocycles. The van der Waals surface area contributed by atoms with Gasteiger partial charge in [0.25, 0.3) is 0 Å². The Bertz CT molecular complexity index is 857. The zero-order valence-corrected chi connectivity index (χ0v) is 18.6. The average molecular weight is 502 g/mol.